The van der Waals surface area contributed by atoms with E-state index in [1.165, 1.54) is 12.5 Å². The molecule has 0 aliphatic rings. The molecular weight excluding hydrogens is 192 g/mol. The van der Waals surface area contributed by atoms with Crippen LogP contribution in [0.2, 0.25) is 0 Å². The van der Waals surface area contributed by atoms with E-state index in [2.05, 4.69) is 19.9 Å². The van der Waals surface area contributed by atoms with Crippen LogP contribution in [0, 0.1) is 0 Å². The smallest absolute Gasteiger partial charge is 0.180 e. The van der Waals surface area contributed by atoms with Gasteiger partial charge >= 0.3 is 0 Å². The van der Waals surface area contributed by atoms with E-state index in [-0.39, 0.29) is 5.75 Å². The molecule has 7 heteroatoms. The van der Waals surface area contributed by atoms with E-state index in [1.807, 2.05) is 0 Å². The van der Waals surface area contributed by atoms with Crippen molar-refractivity contribution in [2.75, 3.05) is 0 Å². The number of H-pyrrole nitrogens is 1. The Morgan fingerprint density at radius 2 is 2.38 bits per heavy atom. The van der Waals surface area contributed by atoms with Crippen molar-refractivity contribution >= 4 is 22.2 Å². The molecule has 0 aliphatic heterocycles. The molecule has 2 aromatic heterocycles. The largest absolute Gasteiger partial charge is 0.342 e. The summed E-state index contributed by atoms with van der Waals surface area (Å²) < 4.78 is 19.0. The second kappa shape index (κ2) is 3.19. The molecule has 2 aromatic rings. The first-order valence-electron chi connectivity index (χ1n) is 3.48. The van der Waals surface area contributed by atoms with Gasteiger partial charge in [0.25, 0.3) is 0 Å². The summed E-state index contributed by atoms with van der Waals surface area (Å²) in [6.07, 6.45) is 3.04. The topological polar surface area (TPSA) is 91.8 Å². The summed E-state index contributed by atoms with van der Waals surface area (Å²) in [5.74, 6) is 0.253. The molecule has 0 saturated carbocycles. The molecule has 2 heterocycles. The van der Waals surface area contributed by atoms with Gasteiger partial charge in [0.2, 0.25) is 0 Å². The fourth-order valence-electron chi connectivity index (χ4n) is 0.951. The summed E-state index contributed by atoms with van der Waals surface area (Å²) in [7, 11) is 0. The summed E-state index contributed by atoms with van der Waals surface area (Å²) in [6, 6.07) is 0. The molecule has 68 valence electrons. The molecule has 0 bridgehead atoms. The minimum Gasteiger partial charge on any atom is -0.342 e. The van der Waals surface area contributed by atoms with Gasteiger partial charge < -0.3 is 9.54 Å². The summed E-state index contributed by atoms with van der Waals surface area (Å²) in [6.45, 7) is 0. The quantitative estimate of drug-likeness (QED) is 0.666. The second-order valence-electron chi connectivity index (χ2n) is 2.39. The molecule has 0 spiro atoms. The Balaban J connectivity index is 2.42. The Hall–Kier alpha value is -1.34. The van der Waals surface area contributed by atoms with Crippen LogP contribution in [0.3, 0.4) is 0 Å². The van der Waals surface area contributed by atoms with Crippen LogP contribution in [-0.2, 0) is 16.8 Å². The van der Waals surface area contributed by atoms with Gasteiger partial charge in [-0.25, -0.2) is 19.2 Å². The molecule has 0 aromatic carbocycles. The number of rotatable bonds is 2. The Bertz CT molecular complexity index is 455. The predicted molar refractivity (Wildman–Crippen MR) is 46.2 cm³/mol. The third kappa shape index (κ3) is 1.70. The maximum Gasteiger partial charge on any atom is 0.180 e. The van der Waals surface area contributed by atoms with Crippen molar-refractivity contribution in [1.82, 2.24) is 19.9 Å². The summed E-state index contributed by atoms with van der Waals surface area (Å²) >= 11 is -1.91. The highest BCUT2D eigenvalue weighted by Gasteiger charge is 2.03. The first kappa shape index (κ1) is 8.27. The van der Waals surface area contributed by atoms with E-state index in [1.54, 1.807) is 0 Å². The highest BCUT2D eigenvalue weighted by Crippen LogP contribution is 2.04. The molecular formula is C6H6N4O2S. The third-order valence-electron chi connectivity index (χ3n) is 1.48. The van der Waals surface area contributed by atoms with E-state index in [4.69, 9.17) is 4.55 Å². The van der Waals surface area contributed by atoms with Gasteiger partial charge in [-0.3, -0.25) is 0 Å². The van der Waals surface area contributed by atoms with Crippen molar-refractivity contribution in [3.63, 3.8) is 0 Å². The third-order valence-corrected chi connectivity index (χ3v) is 1.98. The van der Waals surface area contributed by atoms with Crippen LogP contribution in [0.4, 0.5) is 0 Å². The molecule has 0 fully saturated rings. The number of aromatic amines is 1. The Kier molecular flexibility index (Phi) is 2.03. The van der Waals surface area contributed by atoms with Crippen molar-refractivity contribution in [3.05, 3.63) is 18.3 Å². The summed E-state index contributed by atoms with van der Waals surface area (Å²) in [5.41, 5.74) is 1.22. The van der Waals surface area contributed by atoms with Crippen LogP contribution < -0.4 is 0 Å². The number of hydrogen-bond acceptors (Lipinski definition) is 4. The maximum absolute atomic E-state index is 10.4. The highest BCUT2D eigenvalue weighted by atomic mass is 32.2. The molecule has 2 N–H and O–H groups in total. The van der Waals surface area contributed by atoms with Crippen LogP contribution in [-0.4, -0.2) is 28.7 Å². The number of nitrogens with zero attached hydrogens (tertiary/aromatic N) is 3. The van der Waals surface area contributed by atoms with Crippen molar-refractivity contribution in [2.45, 2.75) is 5.75 Å². The van der Waals surface area contributed by atoms with Gasteiger partial charge in [0.1, 0.15) is 17.1 Å². The van der Waals surface area contributed by atoms with Gasteiger partial charge in [-0.15, -0.1) is 0 Å². The summed E-state index contributed by atoms with van der Waals surface area (Å²) in [4.78, 5) is 14.6. The van der Waals surface area contributed by atoms with Gasteiger partial charge in [0.05, 0.1) is 12.5 Å². The molecule has 6 nitrogen and oxygen atoms in total. The fraction of sp³-hybridized carbons (Fsp3) is 0.167. The Morgan fingerprint density at radius 1 is 1.54 bits per heavy atom. The minimum absolute atomic E-state index is 0.0667. The molecule has 0 radical (unpaired) electrons. The zero-order valence-electron chi connectivity index (χ0n) is 6.47. The number of fused-ring (bicyclic) bond motifs is 1. The Morgan fingerprint density at radius 3 is 3.15 bits per heavy atom. The first-order chi connectivity index (χ1) is 6.25. The molecule has 0 aliphatic carbocycles. The molecule has 2 rings (SSSR count). The average molecular weight is 198 g/mol. The molecule has 1 unspecified atom stereocenters. The van der Waals surface area contributed by atoms with E-state index in [0.29, 0.717) is 17.0 Å². The lowest BCUT2D eigenvalue weighted by atomic mass is 10.5. The lowest BCUT2D eigenvalue weighted by Gasteiger charge is -1.94. The van der Waals surface area contributed by atoms with Gasteiger partial charge in [0, 0.05) is 0 Å². The molecule has 13 heavy (non-hydrogen) atoms. The molecule has 1 atom stereocenters. The predicted octanol–water partition coefficient (Wildman–Crippen LogP) is 0.0746. The lowest BCUT2D eigenvalue weighted by molar-refractivity contribution is 0.562. The van der Waals surface area contributed by atoms with E-state index in [0.717, 1.165) is 0 Å². The molecule has 0 saturated heterocycles. The van der Waals surface area contributed by atoms with Crippen molar-refractivity contribution < 1.29 is 8.76 Å². The second-order valence-corrected chi connectivity index (χ2v) is 3.32. The average Bonchev–Trinajstić information content (AvgIpc) is 2.49. The van der Waals surface area contributed by atoms with Gasteiger partial charge in [-0.05, 0) is 0 Å². The minimum atomic E-state index is -1.91. The van der Waals surface area contributed by atoms with Crippen LogP contribution in [0.1, 0.15) is 5.82 Å². The maximum atomic E-state index is 10.4. The monoisotopic (exact) mass is 198 g/mol. The van der Waals surface area contributed by atoms with E-state index < -0.39 is 11.1 Å². The van der Waals surface area contributed by atoms with Crippen molar-refractivity contribution in [1.29, 1.82) is 0 Å². The fourth-order valence-corrected chi connectivity index (χ4v) is 1.31. The summed E-state index contributed by atoms with van der Waals surface area (Å²) in [5, 5.41) is 0. The van der Waals surface area contributed by atoms with Gasteiger partial charge in [-0.2, -0.15) is 0 Å². The normalized spacial score (nSPS) is 13.3. The van der Waals surface area contributed by atoms with Crippen molar-refractivity contribution in [3.8, 4) is 0 Å². The zero-order chi connectivity index (χ0) is 9.26. The van der Waals surface area contributed by atoms with E-state index >= 15 is 0 Å². The number of aromatic nitrogens is 4. The van der Waals surface area contributed by atoms with Crippen molar-refractivity contribution in [2.24, 2.45) is 0 Å². The van der Waals surface area contributed by atoms with Crippen LogP contribution in [0.15, 0.2) is 12.5 Å². The van der Waals surface area contributed by atoms with Crippen LogP contribution in [0.25, 0.3) is 11.2 Å². The van der Waals surface area contributed by atoms with Gasteiger partial charge in [-0.1, -0.05) is 0 Å². The van der Waals surface area contributed by atoms with Crippen LogP contribution >= 0.6 is 0 Å². The number of hydrogen-bond donors (Lipinski definition) is 2. The standard InChI is InChI=1S/C6H6N4O2S/c11-13(12)2-5-7-1-4-6(10-5)9-3-8-4/h1,3H,2H2,(H,11,12)(H,7,8,9,10). The first-order valence-corrected chi connectivity index (χ1v) is 4.76. The number of nitrogens with one attached hydrogen (secondary N) is 1. The SMILES string of the molecule is O=S(O)Cc1ncc2[nH]cnc2n1. The van der Waals surface area contributed by atoms with E-state index in [9.17, 15) is 4.21 Å². The molecule has 0 amide bonds. The van der Waals surface area contributed by atoms with Gasteiger partial charge in [0.15, 0.2) is 16.7 Å². The zero-order valence-corrected chi connectivity index (χ0v) is 7.28. The highest BCUT2D eigenvalue weighted by molar-refractivity contribution is 7.78. The van der Waals surface area contributed by atoms with Crippen LogP contribution in [0.5, 0.6) is 0 Å². The number of imidazole rings is 1. The lowest BCUT2D eigenvalue weighted by Crippen LogP contribution is -1.99. The Labute approximate surface area is 75.7 Å².